The Morgan fingerprint density at radius 2 is 2.13 bits per heavy atom. The predicted octanol–water partition coefficient (Wildman–Crippen LogP) is 0.594. The molecule has 0 aromatic heterocycles. The normalized spacial score (nSPS) is 13.9. The standard InChI is InChI=1S/C10H8N3O2/c1-5-12-7-4-2-3-6(9(11)14)8(7)10(15)13-5/h2-4H,1H3,(H2,11,14). The minimum Gasteiger partial charge on any atom is -0.366 e. The van der Waals surface area contributed by atoms with Gasteiger partial charge in [0, 0.05) is 0 Å². The molecule has 5 heteroatoms. The van der Waals surface area contributed by atoms with Crippen LogP contribution in [-0.2, 0) is 0 Å². The van der Waals surface area contributed by atoms with Crippen LogP contribution in [-0.4, -0.2) is 17.6 Å². The maximum atomic E-state index is 11.6. The molecule has 1 radical (unpaired) electrons. The quantitative estimate of drug-likeness (QED) is 0.722. The van der Waals surface area contributed by atoms with Gasteiger partial charge in [0.1, 0.15) is 5.84 Å². The molecule has 0 spiro atoms. The zero-order valence-electron chi connectivity index (χ0n) is 8.02. The van der Waals surface area contributed by atoms with E-state index >= 15 is 0 Å². The summed E-state index contributed by atoms with van der Waals surface area (Å²) in [5.41, 5.74) is 5.96. The molecular formula is C10H8N3O2. The third-order valence-corrected chi connectivity index (χ3v) is 2.07. The molecule has 75 valence electrons. The summed E-state index contributed by atoms with van der Waals surface area (Å²) in [6.45, 7) is 1.62. The third-order valence-electron chi connectivity index (χ3n) is 2.07. The molecule has 0 bridgehead atoms. The van der Waals surface area contributed by atoms with Crippen molar-refractivity contribution >= 4 is 23.3 Å². The summed E-state index contributed by atoms with van der Waals surface area (Å²) in [6, 6.07) is 4.77. The molecule has 0 unspecified atom stereocenters. The molecule has 2 rings (SSSR count). The number of carbonyl (C=O) groups is 2. The number of hydrogen-bond acceptors (Lipinski definition) is 3. The van der Waals surface area contributed by atoms with E-state index in [1.54, 1.807) is 19.1 Å². The number of carbonyl (C=O) groups excluding carboxylic acids is 2. The van der Waals surface area contributed by atoms with Gasteiger partial charge in [0.05, 0.1) is 16.8 Å². The van der Waals surface area contributed by atoms with Crippen LogP contribution in [0.5, 0.6) is 0 Å². The summed E-state index contributed by atoms with van der Waals surface area (Å²) < 4.78 is 0. The van der Waals surface area contributed by atoms with Gasteiger partial charge in [-0.05, 0) is 19.1 Å². The van der Waals surface area contributed by atoms with Gasteiger partial charge >= 0.3 is 0 Å². The third kappa shape index (κ3) is 1.48. The number of benzene rings is 1. The van der Waals surface area contributed by atoms with Crippen LogP contribution >= 0.6 is 0 Å². The highest BCUT2D eigenvalue weighted by Crippen LogP contribution is 2.25. The number of aliphatic imine (C=N–C) groups is 1. The second-order valence-corrected chi connectivity index (χ2v) is 3.14. The van der Waals surface area contributed by atoms with E-state index in [1.165, 1.54) is 6.07 Å². The lowest BCUT2D eigenvalue weighted by molar-refractivity contribution is 0.0950. The molecule has 0 saturated heterocycles. The number of fused-ring (bicyclic) bond motifs is 1. The average molecular weight is 202 g/mol. The summed E-state index contributed by atoms with van der Waals surface area (Å²) in [7, 11) is 0. The monoisotopic (exact) mass is 202 g/mol. The zero-order valence-corrected chi connectivity index (χ0v) is 8.02. The van der Waals surface area contributed by atoms with Gasteiger partial charge < -0.3 is 5.73 Å². The summed E-state index contributed by atoms with van der Waals surface area (Å²) >= 11 is 0. The Labute approximate surface area is 86.0 Å². The van der Waals surface area contributed by atoms with Gasteiger partial charge in [-0.25, -0.2) is 4.99 Å². The first-order valence-corrected chi connectivity index (χ1v) is 4.34. The van der Waals surface area contributed by atoms with Gasteiger partial charge in [0.2, 0.25) is 5.91 Å². The van der Waals surface area contributed by atoms with Crippen LogP contribution in [0.25, 0.3) is 0 Å². The van der Waals surface area contributed by atoms with Crippen molar-refractivity contribution in [2.24, 2.45) is 10.7 Å². The highest BCUT2D eigenvalue weighted by Gasteiger charge is 2.24. The number of primary amides is 1. The Balaban J connectivity index is 2.71. The molecular weight excluding hydrogens is 194 g/mol. The molecule has 1 aliphatic rings. The van der Waals surface area contributed by atoms with Gasteiger partial charge in [0.25, 0.3) is 5.91 Å². The fourth-order valence-electron chi connectivity index (χ4n) is 1.47. The van der Waals surface area contributed by atoms with E-state index in [4.69, 9.17) is 5.73 Å². The van der Waals surface area contributed by atoms with Gasteiger partial charge in [-0.1, -0.05) is 6.07 Å². The number of nitrogens with two attached hydrogens (primary N) is 1. The first-order valence-electron chi connectivity index (χ1n) is 4.34. The Morgan fingerprint density at radius 3 is 2.80 bits per heavy atom. The molecule has 1 aromatic rings. The van der Waals surface area contributed by atoms with E-state index in [-0.39, 0.29) is 11.1 Å². The highest BCUT2D eigenvalue weighted by atomic mass is 16.2. The smallest absolute Gasteiger partial charge is 0.281 e. The van der Waals surface area contributed by atoms with Gasteiger partial charge in [-0.2, -0.15) is 5.32 Å². The van der Waals surface area contributed by atoms with E-state index in [9.17, 15) is 9.59 Å². The van der Waals surface area contributed by atoms with Crippen molar-refractivity contribution in [3.8, 4) is 0 Å². The first-order chi connectivity index (χ1) is 7.09. The molecule has 0 atom stereocenters. The van der Waals surface area contributed by atoms with Crippen molar-refractivity contribution in [1.29, 1.82) is 0 Å². The van der Waals surface area contributed by atoms with Crippen molar-refractivity contribution in [3.63, 3.8) is 0 Å². The van der Waals surface area contributed by atoms with Crippen molar-refractivity contribution in [2.75, 3.05) is 0 Å². The van der Waals surface area contributed by atoms with Crippen LogP contribution in [0, 0.1) is 0 Å². The highest BCUT2D eigenvalue weighted by molar-refractivity contribution is 6.17. The minimum absolute atomic E-state index is 0.164. The van der Waals surface area contributed by atoms with Gasteiger partial charge in [-0.15, -0.1) is 0 Å². The van der Waals surface area contributed by atoms with E-state index in [0.29, 0.717) is 11.5 Å². The van der Waals surface area contributed by atoms with E-state index < -0.39 is 11.8 Å². The maximum Gasteiger partial charge on any atom is 0.281 e. The lowest BCUT2D eigenvalue weighted by atomic mass is 10.0. The molecule has 0 saturated carbocycles. The zero-order chi connectivity index (χ0) is 11.0. The molecule has 1 heterocycles. The van der Waals surface area contributed by atoms with Crippen molar-refractivity contribution in [2.45, 2.75) is 6.92 Å². The van der Waals surface area contributed by atoms with Crippen LogP contribution in [0.1, 0.15) is 27.6 Å². The van der Waals surface area contributed by atoms with Crippen LogP contribution < -0.4 is 11.1 Å². The SMILES string of the molecule is CC1=Nc2cccc(C(N)=O)c2C(=O)[N]1. The number of nitrogens with zero attached hydrogens (tertiary/aromatic N) is 2. The summed E-state index contributed by atoms with van der Waals surface area (Å²) in [5.74, 6) is -0.730. The fraction of sp³-hybridized carbons (Fsp3) is 0.100. The summed E-state index contributed by atoms with van der Waals surface area (Å²) in [4.78, 5) is 26.7. The average Bonchev–Trinajstić information content (AvgIpc) is 2.16. The molecule has 1 aromatic carbocycles. The summed E-state index contributed by atoms with van der Waals surface area (Å²) in [6.07, 6.45) is 0. The van der Waals surface area contributed by atoms with Gasteiger partial charge in [0.15, 0.2) is 0 Å². The number of hydrogen-bond donors (Lipinski definition) is 1. The second kappa shape index (κ2) is 3.20. The van der Waals surface area contributed by atoms with Gasteiger partial charge in [-0.3, -0.25) is 9.59 Å². The van der Waals surface area contributed by atoms with Crippen LogP contribution in [0.3, 0.4) is 0 Å². The Hall–Kier alpha value is -2.17. The van der Waals surface area contributed by atoms with E-state index in [2.05, 4.69) is 10.3 Å². The van der Waals surface area contributed by atoms with Crippen LogP contribution in [0.15, 0.2) is 23.2 Å². The van der Waals surface area contributed by atoms with Crippen molar-refractivity contribution in [1.82, 2.24) is 5.32 Å². The number of amides is 2. The molecule has 0 aliphatic carbocycles. The van der Waals surface area contributed by atoms with Crippen LogP contribution in [0.4, 0.5) is 5.69 Å². The lowest BCUT2D eigenvalue weighted by Crippen LogP contribution is -2.27. The Bertz CT molecular complexity index is 491. The minimum atomic E-state index is -0.648. The molecule has 5 nitrogen and oxygen atoms in total. The molecule has 15 heavy (non-hydrogen) atoms. The molecule has 0 fully saturated rings. The number of rotatable bonds is 1. The Morgan fingerprint density at radius 1 is 1.40 bits per heavy atom. The molecule has 2 N–H and O–H groups in total. The number of amidine groups is 1. The second-order valence-electron chi connectivity index (χ2n) is 3.14. The predicted molar refractivity (Wildman–Crippen MR) is 54.2 cm³/mol. The van der Waals surface area contributed by atoms with E-state index in [0.717, 1.165) is 0 Å². The van der Waals surface area contributed by atoms with Crippen molar-refractivity contribution < 1.29 is 9.59 Å². The summed E-state index contributed by atoms with van der Waals surface area (Å²) in [5, 5.41) is 3.67. The molecule has 1 aliphatic heterocycles. The van der Waals surface area contributed by atoms with E-state index in [1.807, 2.05) is 0 Å². The fourth-order valence-corrected chi connectivity index (χ4v) is 1.47. The van der Waals surface area contributed by atoms with Crippen LogP contribution in [0.2, 0.25) is 0 Å². The molecule has 2 amide bonds. The van der Waals surface area contributed by atoms with Crippen molar-refractivity contribution in [3.05, 3.63) is 29.3 Å². The lowest BCUT2D eigenvalue weighted by Gasteiger charge is -2.13. The maximum absolute atomic E-state index is 11.6. The largest absolute Gasteiger partial charge is 0.366 e. The topological polar surface area (TPSA) is 86.6 Å². The Kier molecular flexibility index (Phi) is 2.00. The first kappa shape index (κ1) is 9.39.